The zero-order valence-electron chi connectivity index (χ0n) is 21.9. The fraction of sp³-hybridized carbons (Fsp3) is 0.312. The molecule has 1 saturated carbocycles. The molecule has 1 aliphatic heterocycles. The van der Waals surface area contributed by atoms with Crippen molar-refractivity contribution in [2.45, 2.75) is 55.2 Å². The molecule has 0 radical (unpaired) electrons. The Labute approximate surface area is 244 Å². The van der Waals surface area contributed by atoms with Gasteiger partial charge in [-0.05, 0) is 78.6 Å². The maximum absolute atomic E-state index is 13.6. The number of amides is 2. The second-order valence-electron chi connectivity index (χ2n) is 9.96. The van der Waals surface area contributed by atoms with Crippen LogP contribution in [0.15, 0.2) is 82.6 Å². The average Bonchev–Trinajstić information content (AvgIpc) is 2.96. The SMILES string of the molecule is O=C(NCCCSC1CCCCC1)c1ccc(/C=C2/Sc3ccccc3N(Cc3cccc(Cl)c3)C2=O)cc1. The van der Waals surface area contributed by atoms with Gasteiger partial charge in [0.05, 0.1) is 17.1 Å². The molecule has 0 spiro atoms. The first-order valence-corrected chi connectivity index (χ1v) is 15.9. The number of carbonyl (C=O) groups is 2. The van der Waals surface area contributed by atoms with Gasteiger partial charge >= 0.3 is 0 Å². The number of halogens is 1. The van der Waals surface area contributed by atoms with Crippen molar-refractivity contribution in [3.8, 4) is 0 Å². The van der Waals surface area contributed by atoms with Crippen molar-refractivity contribution in [2.24, 2.45) is 0 Å². The molecule has 2 amide bonds. The van der Waals surface area contributed by atoms with Crippen LogP contribution in [0.1, 0.15) is 60.0 Å². The van der Waals surface area contributed by atoms with E-state index in [4.69, 9.17) is 11.6 Å². The van der Waals surface area contributed by atoms with Gasteiger partial charge in [-0.3, -0.25) is 9.59 Å². The molecule has 0 unspecified atom stereocenters. The third-order valence-corrected chi connectivity index (χ3v) is 9.82. The number of nitrogens with one attached hydrogen (secondary N) is 1. The summed E-state index contributed by atoms with van der Waals surface area (Å²) in [6.07, 6.45) is 9.69. The van der Waals surface area contributed by atoms with Crippen LogP contribution in [0.25, 0.3) is 6.08 Å². The molecule has 0 saturated heterocycles. The summed E-state index contributed by atoms with van der Waals surface area (Å²) in [6, 6.07) is 23.0. The van der Waals surface area contributed by atoms with Crippen LogP contribution in [-0.2, 0) is 11.3 Å². The van der Waals surface area contributed by atoms with E-state index in [1.807, 2.05) is 78.9 Å². The number of anilines is 1. The fourth-order valence-corrected chi connectivity index (χ4v) is 7.56. The molecule has 0 aromatic heterocycles. The normalized spacial score (nSPS) is 16.8. The minimum absolute atomic E-state index is 0.0495. The van der Waals surface area contributed by atoms with E-state index in [0.717, 1.165) is 39.1 Å². The van der Waals surface area contributed by atoms with Crippen molar-refractivity contribution in [3.05, 3.63) is 99.4 Å². The van der Waals surface area contributed by atoms with Gasteiger partial charge in [0, 0.05) is 27.3 Å². The molecule has 1 aliphatic carbocycles. The first-order valence-electron chi connectivity index (χ1n) is 13.6. The van der Waals surface area contributed by atoms with Crippen LogP contribution in [0, 0.1) is 0 Å². The maximum Gasteiger partial charge on any atom is 0.265 e. The molecule has 0 atom stereocenters. The zero-order valence-corrected chi connectivity index (χ0v) is 24.3. The second-order valence-corrected chi connectivity index (χ2v) is 12.9. The van der Waals surface area contributed by atoms with Gasteiger partial charge in [-0.25, -0.2) is 0 Å². The van der Waals surface area contributed by atoms with Crippen LogP contribution < -0.4 is 10.2 Å². The predicted molar refractivity (Wildman–Crippen MR) is 166 cm³/mol. The van der Waals surface area contributed by atoms with Gasteiger partial charge < -0.3 is 10.2 Å². The van der Waals surface area contributed by atoms with Crippen LogP contribution in [0.5, 0.6) is 0 Å². The minimum atomic E-state index is -0.0541. The largest absolute Gasteiger partial charge is 0.352 e. The number of rotatable bonds is 9. The van der Waals surface area contributed by atoms with Crippen LogP contribution >= 0.6 is 35.1 Å². The number of benzene rings is 3. The molecule has 39 heavy (non-hydrogen) atoms. The molecule has 202 valence electrons. The highest BCUT2D eigenvalue weighted by atomic mass is 35.5. The van der Waals surface area contributed by atoms with E-state index in [1.165, 1.54) is 43.9 Å². The van der Waals surface area contributed by atoms with Crippen molar-refractivity contribution in [3.63, 3.8) is 0 Å². The zero-order chi connectivity index (χ0) is 27.0. The Morgan fingerprint density at radius 3 is 2.62 bits per heavy atom. The minimum Gasteiger partial charge on any atom is -0.352 e. The Balaban J connectivity index is 1.20. The van der Waals surface area contributed by atoms with Gasteiger partial charge in [-0.2, -0.15) is 11.8 Å². The Kier molecular flexibility index (Phi) is 9.72. The molecule has 3 aromatic rings. The summed E-state index contributed by atoms with van der Waals surface area (Å²) in [6.45, 7) is 1.13. The molecular formula is C32H33ClN2O2S2. The van der Waals surface area contributed by atoms with Gasteiger partial charge in [0.25, 0.3) is 11.8 Å². The summed E-state index contributed by atoms with van der Waals surface area (Å²) in [4.78, 5) is 29.7. The molecule has 1 heterocycles. The fourth-order valence-electron chi connectivity index (χ4n) is 4.98. The van der Waals surface area contributed by atoms with E-state index < -0.39 is 0 Å². The Morgan fingerprint density at radius 2 is 1.82 bits per heavy atom. The summed E-state index contributed by atoms with van der Waals surface area (Å²) >= 11 is 9.73. The van der Waals surface area contributed by atoms with Gasteiger partial charge in [0.15, 0.2) is 0 Å². The van der Waals surface area contributed by atoms with Crippen LogP contribution in [0.4, 0.5) is 5.69 Å². The van der Waals surface area contributed by atoms with Crippen molar-refractivity contribution < 1.29 is 9.59 Å². The molecule has 7 heteroatoms. The molecule has 1 N–H and O–H groups in total. The monoisotopic (exact) mass is 576 g/mol. The van der Waals surface area contributed by atoms with Gasteiger partial charge in [0.2, 0.25) is 0 Å². The summed E-state index contributed by atoms with van der Waals surface area (Å²) in [5.41, 5.74) is 3.38. The highest BCUT2D eigenvalue weighted by Crippen LogP contribution is 2.42. The van der Waals surface area contributed by atoms with Crippen LogP contribution in [0.2, 0.25) is 5.02 Å². The summed E-state index contributed by atoms with van der Waals surface area (Å²) in [5, 5.41) is 4.51. The van der Waals surface area contributed by atoms with Crippen molar-refractivity contribution >= 4 is 58.7 Å². The summed E-state index contributed by atoms with van der Waals surface area (Å²) < 4.78 is 0. The number of hydrogen-bond acceptors (Lipinski definition) is 4. The molecular weight excluding hydrogens is 544 g/mol. The quantitative estimate of drug-likeness (QED) is 0.206. The highest BCUT2D eigenvalue weighted by Gasteiger charge is 2.29. The Bertz CT molecular complexity index is 1340. The molecule has 3 aromatic carbocycles. The first kappa shape index (κ1) is 27.9. The maximum atomic E-state index is 13.6. The van der Waals surface area contributed by atoms with Crippen LogP contribution in [-0.4, -0.2) is 29.4 Å². The number of fused-ring (bicyclic) bond motifs is 1. The number of para-hydroxylation sites is 1. The topological polar surface area (TPSA) is 49.4 Å². The van der Waals surface area contributed by atoms with E-state index in [0.29, 0.717) is 28.6 Å². The van der Waals surface area contributed by atoms with E-state index in [-0.39, 0.29) is 11.8 Å². The second kappa shape index (κ2) is 13.6. The van der Waals surface area contributed by atoms with E-state index in [1.54, 1.807) is 4.90 Å². The van der Waals surface area contributed by atoms with Crippen molar-refractivity contribution in [2.75, 3.05) is 17.2 Å². The molecule has 0 bridgehead atoms. The number of nitrogens with zero attached hydrogens (tertiary/aromatic N) is 1. The van der Waals surface area contributed by atoms with Crippen molar-refractivity contribution in [1.29, 1.82) is 0 Å². The number of carbonyl (C=O) groups excluding carboxylic acids is 2. The average molecular weight is 577 g/mol. The molecule has 5 rings (SSSR count). The predicted octanol–water partition coefficient (Wildman–Crippen LogP) is 8.21. The molecule has 2 aliphatic rings. The number of hydrogen-bond donors (Lipinski definition) is 1. The summed E-state index contributed by atoms with van der Waals surface area (Å²) in [7, 11) is 0. The molecule has 4 nitrogen and oxygen atoms in total. The lowest BCUT2D eigenvalue weighted by Gasteiger charge is -2.30. The standard InChI is InChI=1S/C32H33ClN2O2S2/c33-26-9-6-8-24(20-26)22-35-28-12-4-5-13-29(28)39-30(32(35)37)21-23-14-16-25(17-15-23)31(36)34-18-7-19-38-27-10-2-1-3-11-27/h4-6,8-9,12-17,20-21,27H,1-3,7,10-11,18-19,22H2,(H,34,36)/b30-21+. The van der Waals surface area contributed by atoms with Gasteiger partial charge in [-0.1, -0.05) is 79.0 Å². The summed E-state index contributed by atoms with van der Waals surface area (Å²) in [5.74, 6) is 0.994. The van der Waals surface area contributed by atoms with Gasteiger partial charge in [0.1, 0.15) is 0 Å². The smallest absolute Gasteiger partial charge is 0.265 e. The first-order chi connectivity index (χ1) is 19.1. The third kappa shape index (κ3) is 7.50. The third-order valence-electron chi connectivity index (χ3n) is 7.04. The highest BCUT2D eigenvalue weighted by molar-refractivity contribution is 8.04. The Hall–Kier alpha value is -2.67. The molecule has 1 fully saturated rings. The van der Waals surface area contributed by atoms with E-state index >= 15 is 0 Å². The van der Waals surface area contributed by atoms with Crippen molar-refractivity contribution in [1.82, 2.24) is 5.32 Å². The lowest BCUT2D eigenvalue weighted by Crippen LogP contribution is -2.33. The Morgan fingerprint density at radius 1 is 1.03 bits per heavy atom. The van der Waals surface area contributed by atoms with Gasteiger partial charge in [-0.15, -0.1) is 0 Å². The van der Waals surface area contributed by atoms with Crippen LogP contribution in [0.3, 0.4) is 0 Å². The lowest BCUT2D eigenvalue weighted by molar-refractivity contribution is -0.114. The van der Waals surface area contributed by atoms with E-state index in [2.05, 4.69) is 17.1 Å². The van der Waals surface area contributed by atoms with E-state index in [9.17, 15) is 9.59 Å². The lowest BCUT2D eigenvalue weighted by atomic mass is 10.0. The number of thioether (sulfide) groups is 2.